The van der Waals surface area contributed by atoms with Crippen LogP contribution in [-0.4, -0.2) is 24.3 Å². The van der Waals surface area contributed by atoms with Crippen molar-refractivity contribution in [1.82, 2.24) is 0 Å². The molecule has 3 nitrogen and oxygen atoms in total. The predicted octanol–water partition coefficient (Wildman–Crippen LogP) is 4.34. The van der Waals surface area contributed by atoms with Gasteiger partial charge in [-0.1, -0.05) is 43.4 Å². The Labute approximate surface area is 139 Å². The number of carbonyl (C=O) groups excluding carboxylic acids is 1. The molecule has 0 aromatic carbocycles. The topological polar surface area (TPSA) is 38.8 Å². The molecule has 2 fully saturated rings. The molecule has 0 aromatic rings. The van der Waals surface area contributed by atoms with E-state index in [9.17, 15) is 4.79 Å². The van der Waals surface area contributed by atoms with E-state index in [4.69, 9.17) is 9.47 Å². The molecule has 3 rings (SSSR count). The largest absolute Gasteiger partial charge is 0.462 e. The van der Waals surface area contributed by atoms with Gasteiger partial charge in [-0.2, -0.15) is 0 Å². The van der Waals surface area contributed by atoms with Crippen LogP contribution >= 0.6 is 0 Å². The Kier molecular flexibility index (Phi) is 5.71. The summed E-state index contributed by atoms with van der Waals surface area (Å²) >= 11 is 0. The van der Waals surface area contributed by atoms with Crippen LogP contribution in [0.1, 0.15) is 51.9 Å². The zero-order chi connectivity index (χ0) is 16.1. The van der Waals surface area contributed by atoms with E-state index in [1.807, 2.05) is 0 Å². The van der Waals surface area contributed by atoms with Gasteiger partial charge in [0.1, 0.15) is 6.10 Å². The molecule has 1 saturated heterocycles. The van der Waals surface area contributed by atoms with Gasteiger partial charge in [0.2, 0.25) is 0 Å². The Hall–Kier alpha value is -1.35. The zero-order valence-electron chi connectivity index (χ0n) is 14.0. The van der Waals surface area contributed by atoms with Gasteiger partial charge in [-0.05, 0) is 38.5 Å². The van der Waals surface area contributed by atoms with Crippen molar-refractivity contribution in [3.63, 3.8) is 0 Å². The number of cyclic esters (lactones) is 1. The van der Waals surface area contributed by atoms with Crippen LogP contribution in [0.25, 0.3) is 0 Å². The van der Waals surface area contributed by atoms with Crippen molar-refractivity contribution in [2.75, 3.05) is 0 Å². The Morgan fingerprint density at radius 1 is 1.13 bits per heavy atom. The number of epoxide rings is 1. The summed E-state index contributed by atoms with van der Waals surface area (Å²) in [4.78, 5) is 12.1. The molecular weight excluding hydrogens is 288 g/mol. The van der Waals surface area contributed by atoms with E-state index in [2.05, 4.69) is 43.4 Å². The van der Waals surface area contributed by atoms with Crippen LogP contribution < -0.4 is 0 Å². The third-order valence-corrected chi connectivity index (χ3v) is 5.15. The predicted molar refractivity (Wildman–Crippen MR) is 90.9 cm³/mol. The van der Waals surface area contributed by atoms with Gasteiger partial charge in [-0.25, -0.2) is 0 Å². The van der Waals surface area contributed by atoms with Crippen LogP contribution in [0, 0.1) is 11.8 Å². The molecule has 126 valence electrons. The van der Waals surface area contributed by atoms with Crippen molar-refractivity contribution in [2.45, 2.75) is 70.2 Å². The van der Waals surface area contributed by atoms with E-state index >= 15 is 0 Å². The lowest BCUT2D eigenvalue weighted by molar-refractivity contribution is -0.153. The first-order chi connectivity index (χ1) is 11.3. The van der Waals surface area contributed by atoms with Gasteiger partial charge in [0.05, 0.1) is 12.2 Å². The van der Waals surface area contributed by atoms with Gasteiger partial charge < -0.3 is 9.47 Å². The molecule has 2 heterocycles. The van der Waals surface area contributed by atoms with Gasteiger partial charge in [0.25, 0.3) is 0 Å². The molecule has 1 saturated carbocycles. The highest BCUT2D eigenvalue weighted by Crippen LogP contribution is 2.49. The molecule has 0 spiro atoms. The average molecular weight is 316 g/mol. The third kappa shape index (κ3) is 4.35. The molecule has 2 aliphatic heterocycles. The standard InChI is InChI=1S/C20H28O3/c1-2-17-16-14-18-20(23-18)15(16)12-10-8-6-4-3-5-7-9-11-13-19(21)22-17/h4-7,10,12,15-18,20H,2-3,8-9,11,13-14H2,1H3. The van der Waals surface area contributed by atoms with Gasteiger partial charge in [-0.3, -0.25) is 4.79 Å². The summed E-state index contributed by atoms with van der Waals surface area (Å²) in [6, 6.07) is 0. The zero-order valence-corrected chi connectivity index (χ0v) is 14.0. The van der Waals surface area contributed by atoms with E-state index in [0.717, 1.165) is 38.5 Å². The molecule has 0 amide bonds. The Bertz CT molecular complexity index is 491. The fourth-order valence-corrected chi connectivity index (χ4v) is 3.87. The summed E-state index contributed by atoms with van der Waals surface area (Å²) in [7, 11) is 0. The van der Waals surface area contributed by atoms with Crippen molar-refractivity contribution in [3.8, 4) is 0 Å². The Morgan fingerprint density at radius 3 is 2.74 bits per heavy atom. The molecule has 0 radical (unpaired) electrons. The summed E-state index contributed by atoms with van der Waals surface area (Å²) in [6.07, 6.45) is 20.3. The second-order valence-corrected chi connectivity index (χ2v) is 6.79. The van der Waals surface area contributed by atoms with Gasteiger partial charge in [0, 0.05) is 18.3 Å². The quantitative estimate of drug-likeness (QED) is 0.410. The van der Waals surface area contributed by atoms with Crippen LogP contribution in [0.15, 0.2) is 36.5 Å². The second kappa shape index (κ2) is 7.96. The Morgan fingerprint density at radius 2 is 1.91 bits per heavy atom. The molecular formula is C20H28O3. The molecule has 3 aliphatic rings. The van der Waals surface area contributed by atoms with Crippen molar-refractivity contribution >= 4 is 5.97 Å². The Balaban J connectivity index is 1.69. The highest BCUT2D eigenvalue weighted by atomic mass is 16.6. The van der Waals surface area contributed by atoms with Crippen molar-refractivity contribution in [3.05, 3.63) is 36.5 Å². The molecule has 5 unspecified atom stereocenters. The smallest absolute Gasteiger partial charge is 0.306 e. The maximum Gasteiger partial charge on any atom is 0.306 e. The summed E-state index contributed by atoms with van der Waals surface area (Å²) in [5, 5.41) is 0. The van der Waals surface area contributed by atoms with E-state index in [-0.39, 0.29) is 12.1 Å². The molecule has 0 N–H and O–H groups in total. The SMILES string of the molecule is CCC1OC(=O)CCCC=CCC=CCC=CC2C1CC1OC12. The first kappa shape index (κ1) is 16.5. The van der Waals surface area contributed by atoms with Crippen LogP contribution in [0.4, 0.5) is 0 Å². The molecule has 5 atom stereocenters. The lowest BCUT2D eigenvalue weighted by atomic mass is 9.87. The van der Waals surface area contributed by atoms with Crippen LogP contribution in [0.3, 0.4) is 0 Å². The summed E-state index contributed by atoms with van der Waals surface area (Å²) in [6.45, 7) is 2.12. The number of fused-ring (bicyclic) bond motifs is 3. The van der Waals surface area contributed by atoms with Crippen LogP contribution in [0.2, 0.25) is 0 Å². The average Bonchev–Trinajstić information content (AvgIpc) is 3.23. The molecule has 1 aliphatic carbocycles. The second-order valence-electron chi connectivity index (χ2n) is 6.79. The molecule has 0 bridgehead atoms. The third-order valence-electron chi connectivity index (χ3n) is 5.15. The lowest BCUT2D eigenvalue weighted by Gasteiger charge is -2.28. The summed E-state index contributed by atoms with van der Waals surface area (Å²) in [5.41, 5.74) is 0. The van der Waals surface area contributed by atoms with E-state index in [1.165, 1.54) is 0 Å². The number of hydrogen-bond donors (Lipinski definition) is 0. The number of rotatable bonds is 1. The van der Waals surface area contributed by atoms with Gasteiger partial charge in [0.15, 0.2) is 0 Å². The first-order valence-corrected chi connectivity index (χ1v) is 9.11. The minimum absolute atomic E-state index is 0.0348. The monoisotopic (exact) mass is 316 g/mol. The van der Waals surface area contributed by atoms with Gasteiger partial charge >= 0.3 is 5.97 Å². The minimum Gasteiger partial charge on any atom is -0.462 e. The minimum atomic E-state index is -0.0403. The fourth-order valence-electron chi connectivity index (χ4n) is 3.87. The molecule has 0 aromatic heterocycles. The van der Waals surface area contributed by atoms with Crippen LogP contribution in [-0.2, 0) is 14.3 Å². The number of esters is 1. The van der Waals surface area contributed by atoms with E-state index in [1.54, 1.807) is 0 Å². The highest BCUT2D eigenvalue weighted by Gasteiger charge is 2.56. The molecule has 3 heteroatoms. The number of ether oxygens (including phenoxy) is 2. The lowest BCUT2D eigenvalue weighted by Crippen LogP contribution is -2.31. The number of carbonyl (C=O) groups is 1. The van der Waals surface area contributed by atoms with Crippen LogP contribution in [0.5, 0.6) is 0 Å². The van der Waals surface area contributed by atoms with E-state index < -0.39 is 0 Å². The number of hydrogen-bond acceptors (Lipinski definition) is 3. The maximum atomic E-state index is 12.1. The maximum absolute atomic E-state index is 12.1. The highest BCUT2D eigenvalue weighted by molar-refractivity contribution is 5.69. The van der Waals surface area contributed by atoms with E-state index in [0.29, 0.717) is 30.5 Å². The summed E-state index contributed by atoms with van der Waals surface area (Å²) < 4.78 is 11.5. The van der Waals surface area contributed by atoms with Crippen molar-refractivity contribution in [1.29, 1.82) is 0 Å². The fraction of sp³-hybridized carbons (Fsp3) is 0.650. The normalized spacial score (nSPS) is 38.0. The van der Waals surface area contributed by atoms with Crippen molar-refractivity contribution < 1.29 is 14.3 Å². The number of allylic oxidation sites excluding steroid dienone is 5. The molecule has 23 heavy (non-hydrogen) atoms. The first-order valence-electron chi connectivity index (χ1n) is 9.11. The van der Waals surface area contributed by atoms with Crippen molar-refractivity contribution in [2.24, 2.45) is 11.8 Å². The van der Waals surface area contributed by atoms with Gasteiger partial charge in [-0.15, -0.1) is 0 Å². The summed E-state index contributed by atoms with van der Waals surface area (Å²) in [5.74, 6) is 0.779.